The number of carbonyl (C=O) groups excluding carboxylic acids is 2. The molecule has 0 amide bonds. The van der Waals surface area contributed by atoms with Crippen molar-refractivity contribution in [3.63, 3.8) is 0 Å². The average Bonchev–Trinajstić information content (AvgIpc) is 2.35. The normalized spacial score (nSPS) is 15.9. The van der Waals surface area contributed by atoms with Gasteiger partial charge in [-0.25, -0.2) is 9.59 Å². The number of ether oxygens (including phenoxy) is 2. The lowest BCUT2D eigenvalue weighted by Gasteiger charge is -2.34. The van der Waals surface area contributed by atoms with Gasteiger partial charge in [0.1, 0.15) is 0 Å². The smallest absolute Gasteiger partial charge is 0.425 e. The minimum Gasteiger partial charge on any atom is -0.425 e. The molecule has 0 rings (SSSR count). The molecule has 0 aliphatic carbocycles. The van der Waals surface area contributed by atoms with Crippen molar-refractivity contribution in [2.24, 2.45) is 0 Å². The van der Waals surface area contributed by atoms with Crippen LogP contribution >= 0.6 is 0 Å². The van der Waals surface area contributed by atoms with Crippen molar-refractivity contribution in [3.8, 4) is 0 Å². The number of alkyl halides is 5. The number of esters is 2. The number of aliphatic hydroxyl groups excluding tert-OH is 1. The molecule has 0 bridgehead atoms. The first-order chi connectivity index (χ1) is 10.5. The van der Waals surface area contributed by atoms with E-state index in [1.807, 2.05) is 0 Å². The first-order valence-electron chi connectivity index (χ1n) is 6.14. The summed E-state index contributed by atoms with van der Waals surface area (Å²) in [4.78, 5) is 22.6. The third-order valence-electron chi connectivity index (χ3n) is 2.46. The molecule has 0 saturated heterocycles. The molecule has 2 atom stereocenters. The van der Waals surface area contributed by atoms with Crippen molar-refractivity contribution in [2.75, 3.05) is 0 Å². The molecule has 2 N–H and O–H groups in total. The zero-order chi connectivity index (χ0) is 19.5. The molecule has 0 aliphatic rings. The average molecular weight is 362 g/mol. The van der Waals surface area contributed by atoms with Gasteiger partial charge in [0.2, 0.25) is 0 Å². The van der Waals surface area contributed by atoms with E-state index in [1.165, 1.54) is 0 Å². The summed E-state index contributed by atoms with van der Waals surface area (Å²) in [5, 5.41) is 19.3. The number of halogens is 5. The van der Waals surface area contributed by atoms with Gasteiger partial charge in [0.05, 0.1) is 6.42 Å². The maximum atomic E-state index is 13.2. The Balaban J connectivity index is 5.67. The Bertz CT molecular complexity index is 541. The highest BCUT2D eigenvalue weighted by Gasteiger charge is 2.64. The van der Waals surface area contributed by atoms with Gasteiger partial charge >= 0.3 is 24.0 Å². The first kappa shape index (κ1) is 22.0. The van der Waals surface area contributed by atoms with Crippen LogP contribution in [0.3, 0.4) is 0 Å². The fraction of sp³-hybridized carbons (Fsp3) is 0.538. The number of aliphatic hydroxyl groups is 2. The minimum atomic E-state index is -6.13. The Kier molecular flexibility index (Phi) is 6.65. The van der Waals surface area contributed by atoms with E-state index in [-0.39, 0.29) is 5.57 Å². The van der Waals surface area contributed by atoms with Crippen LogP contribution in [-0.4, -0.2) is 46.3 Å². The first-order valence-corrected chi connectivity index (χ1v) is 6.14. The van der Waals surface area contributed by atoms with Gasteiger partial charge in [0.25, 0.3) is 12.1 Å². The Morgan fingerprint density at radius 2 is 1.46 bits per heavy atom. The molecule has 0 spiro atoms. The zero-order valence-corrected chi connectivity index (χ0v) is 12.6. The van der Waals surface area contributed by atoms with Gasteiger partial charge in [0.15, 0.2) is 0 Å². The monoisotopic (exact) mass is 362 g/mol. The van der Waals surface area contributed by atoms with Crippen LogP contribution in [0.1, 0.15) is 20.3 Å². The predicted octanol–water partition coefficient (Wildman–Crippen LogP) is 1.82. The lowest BCUT2D eigenvalue weighted by Crippen LogP contribution is -2.55. The molecular formula is C13H15F5O6. The topological polar surface area (TPSA) is 93.1 Å². The Labute approximate surface area is 133 Å². The van der Waals surface area contributed by atoms with E-state index in [0.717, 1.165) is 13.8 Å². The van der Waals surface area contributed by atoms with Crippen LogP contribution in [0, 0.1) is 0 Å². The summed E-state index contributed by atoms with van der Waals surface area (Å²) in [6.07, 6.45) is -11.8. The second kappa shape index (κ2) is 7.26. The second-order valence-corrected chi connectivity index (χ2v) is 4.93. The van der Waals surface area contributed by atoms with Crippen molar-refractivity contribution in [2.45, 2.75) is 44.4 Å². The summed E-state index contributed by atoms with van der Waals surface area (Å²) in [6, 6.07) is 0. The van der Waals surface area contributed by atoms with Crippen LogP contribution in [-0.2, 0) is 19.1 Å². The van der Waals surface area contributed by atoms with Gasteiger partial charge in [-0.05, 0) is 13.8 Å². The van der Waals surface area contributed by atoms with Crippen molar-refractivity contribution >= 4 is 11.9 Å². The quantitative estimate of drug-likeness (QED) is 0.311. The van der Waals surface area contributed by atoms with Crippen LogP contribution in [0.4, 0.5) is 22.0 Å². The zero-order valence-electron chi connectivity index (χ0n) is 12.6. The summed E-state index contributed by atoms with van der Waals surface area (Å²) in [7, 11) is 0. The number of hydrogen-bond acceptors (Lipinski definition) is 6. The highest BCUT2D eigenvalue weighted by atomic mass is 19.4. The Morgan fingerprint density at radius 3 is 1.79 bits per heavy atom. The van der Waals surface area contributed by atoms with Crippen molar-refractivity contribution in [1.29, 1.82) is 0 Å². The van der Waals surface area contributed by atoms with E-state index >= 15 is 0 Å². The SMILES string of the molecule is C=C(C)C(=O)OC(O)C(O)(CC(F)(F)C(F)(F)F)OC(=O)C(=C)C. The van der Waals surface area contributed by atoms with Gasteiger partial charge in [-0.3, -0.25) is 0 Å². The molecule has 0 aromatic heterocycles. The van der Waals surface area contributed by atoms with E-state index in [2.05, 4.69) is 22.6 Å². The maximum Gasteiger partial charge on any atom is 0.453 e. The van der Waals surface area contributed by atoms with Gasteiger partial charge in [-0.1, -0.05) is 13.2 Å². The summed E-state index contributed by atoms with van der Waals surface area (Å²) < 4.78 is 71.3. The molecule has 0 aromatic carbocycles. The van der Waals surface area contributed by atoms with E-state index in [0.29, 0.717) is 0 Å². The van der Waals surface area contributed by atoms with Gasteiger partial charge in [-0.2, -0.15) is 22.0 Å². The number of hydrogen-bond donors (Lipinski definition) is 2. The predicted molar refractivity (Wildman–Crippen MR) is 68.4 cm³/mol. The highest BCUT2D eigenvalue weighted by Crippen LogP contribution is 2.42. The number of carbonyl (C=O) groups is 2. The molecule has 24 heavy (non-hydrogen) atoms. The lowest BCUT2D eigenvalue weighted by molar-refractivity contribution is -0.354. The summed E-state index contributed by atoms with van der Waals surface area (Å²) in [6.45, 7) is 8.17. The Morgan fingerprint density at radius 1 is 1.04 bits per heavy atom. The molecule has 0 saturated carbocycles. The molecule has 6 nitrogen and oxygen atoms in total. The molecule has 11 heteroatoms. The largest absolute Gasteiger partial charge is 0.453 e. The van der Waals surface area contributed by atoms with Crippen LogP contribution in [0.2, 0.25) is 0 Å². The third-order valence-corrected chi connectivity index (χ3v) is 2.46. The van der Waals surface area contributed by atoms with Crippen LogP contribution in [0.5, 0.6) is 0 Å². The Hall–Kier alpha value is -2.01. The summed E-state index contributed by atoms with van der Waals surface area (Å²) in [5.74, 6) is -12.5. The third kappa shape index (κ3) is 5.57. The van der Waals surface area contributed by atoms with E-state index < -0.39 is 48.1 Å². The van der Waals surface area contributed by atoms with E-state index in [9.17, 15) is 41.8 Å². The number of rotatable bonds is 7. The molecule has 0 aromatic rings. The van der Waals surface area contributed by atoms with Crippen LogP contribution in [0.15, 0.2) is 24.3 Å². The van der Waals surface area contributed by atoms with Crippen LogP contribution < -0.4 is 0 Å². The highest BCUT2D eigenvalue weighted by molar-refractivity contribution is 5.88. The van der Waals surface area contributed by atoms with Crippen molar-refractivity contribution in [3.05, 3.63) is 24.3 Å². The van der Waals surface area contributed by atoms with Crippen molar-refractivity contribution < 1.29 is 51.2 Å². The summed E-state index contributed by atoms with van der Waals surface area (Å²) in [5.41, 5.74) is -0.854. The van der Waals surface area contributed by atoms with E-state index in [4.69, 9.17) is 0 Å². The van der Waals surface area contributed by atoms with Crippen LogP contribution in [0.25, 0.3) is 0 Å². The summed E-state index contributed by atoms with van der Waals surface area (Å²) >= 11 is 0. The molecule has 0 fully saturated rings. The maximum absolute atomic E-state index is 13.2. The standard InChI is InChI=1S/C13H15F5O6/c1-6(2)8(19)23-10(21)11(22,24-9(20)7(3)4)5-12(14,15)13(16,17)18/h10,21-22H,1,3,5H2,2,4H3. The molecule has 0 aliphatic heterocycles. The van der Waals surface area contributed by atoms with Crippen molar-refractivity contribution in [1.82, 2.24) is 0 Å². The molecule has 0 heterocycles. The minimum absolute atomic E-state index is 0.370. The molecule has 2 unspecified atom stereocenters. The van der Waals surface area contributed by atoms with Gasteiger partial charge < -0.3 is 19.7 Å². The molecule has 138 valence electrons. The van der Waals surface area contributed by atoms with Gasteiger partial charge in [0, 0.05) is 11.1 Å². The van der Waals surface area contributed by atoms with E-state index in [1.54, 1.807) is 0 Å². The fourth-order valence-corrected chi connectivity index (χ4v) is 1.13. The van der Waals surface area contributed by atoms with Gasteiger partial charge in [-0.15, -0.1) is 0 Å². The molecular weight excluding hydrogens is 347 g/mol. The fourth-order valence-electron chi connectivity index (χ4n) is 1.13. The molecule has 0 radical (unpaired) electrons. The second-order valence-electron chi connectivity index (χ2n) is 4.93. The lowest BCUT2D eigenvalue weighted by atomic mass is 10.1.